The Balaban J connectivity index is 1.19. The molecule has 7 heteroatoms. The van der Waals surface area contributed by atoms with Gasteiger partial charge in [0.2, 0.25) is 11.8 Å². The molecule has 2 aliphatic carbocycles. The monoisotopic (exact) mass is 458 g/mol. The number of hydrogen-bond acceptors (Lipinski definition) is 5. The smallest absolute Gasteiger partial charge is 0.338 e. The second kappa shape index (κ2) is 8.56. The Kier molecular flexibility index (Phi) is 5.55. The van der Waals surface area contributed by atoms with Crippen LogP contribution in [-0.4, -0.2) is 30.3 Å². The average molecular weight is 459 g/mol. The number of rotatable bonds is 6. The molecule has 3 amide bonds. The molecule has 3 aliphatic rings. The molecule has 2 aromatic rings. The van der Waals surface area contributed by atoms with Gasteiger partial charge in [0.1, 0.15) is 0 Å². The van der Waals surface area contributed by atoms with Gasteiger partial charge in [-0.3, -0.25) is 19.3 Å². The number of amides is 3. The molecule has 5 rings (SSSR count). The zero-order valence-electron chi connectivity index (χ0n) is 19.1. The summed E-state index contributed by atoms with van der Waals surface area (Å²) in [6, 6.07) is 15.4. The number of nitrogens with zero attached hydrogens (tertiary/aromatic N) is 1. The van der Waals surface area contributed by atoms with Crippen LogP contribution in [0.15, 0.2) is 66.2 Å². The summed E-state index contributed by atoms with van der Waals surface area (Å²) in [6.45, 7) is 3.48. The minimum atomic E-state index is -0.650. The first kappa shape index (κ1) is 22.1. The van der Waals surface area contributed by atoms with E-state index in [-0.39, 0.29) is 47.1 Å². The minimum absolute atomic E-state index is 0.140. The van der Waals surface area contributed by atoms with Crippen LogP contribution in [0.4, 0.5) is 5.69 Å². The number of allylic oxidation sites excluding steroid dienone is 2. The van der Waals surface area contributed by atoms with Crippen LogP contribution >= 0.6 is 0 Å². The highest BCUT2D eigenvalue weighted by Crippen LogP contribution is 2.55. The number of carbonyl (C=O) groups is 4. The molecule has 2 aromatic carbocycles. The second-order valence-corrected chi connectivity index (χ2v) is 9.30. The molecule has 5 atom stereocenters. The molecule has 1 saturated carbocycles. The number of fused-ring (bicyclic) bond motifs is 5. The van der Waals surface area contributed by atoms with Crippen molar-refractivity contribution in [1.29, 1.82) is 0 Å². The number of carbonyl (C=O) groups excluding carboxylic acids is 4. The third-order valence-electron chi connectivity index (χ3n) is 7.25. The fourth-order valence-electron chi connectivity index (χ4n) is 5.60. The van der Waals surface area contributed by atoms with Crippen molar-refractivity contribution in [3.63, 3.8) is 0 Å². The predicted octanol–water partition coefficient (Wildman–Crippen LogP) is 3.42. The topological polar surface area (TPSA) is 92.8 Å². The van der Waals surface area contributed by atoms with Gasteiger partial charge < -0.3 is 10.1 Å². The van der Waals surface area contributed by atoms with E-state index in [0.717, 1.165) is 12.0 Å². The van der Waals surface area contributed by atoms with Crippen molar-refractivity contribution >= 4 is 29.4 Å². The normalized spacial score (nSPS) is 25.7. The van der Waals surface area contributed by atoms with Crippen LogP contribution in [-0.2, 0) is 19.1 Å². The van der Waals surface area contributed by atoms with E-state index in [9.17, 15) is 19.2 Å². The maximum absolute atomic E-state index is 13.1. The van der Waals surface area contributed by atoms with Gasteiger partial charge in [-0.05, 0) is 61.9 Å². The first-order valence-electron chi connectivity index (χ1n) is 11.5. The number of hydrogen-bond donors (Lipinski definition) is 1. The average Bonchev–Trinajstić information content (AvgIpc) is 3.48. The number of ether oxygens (including phenoxy) is 1. The molecule has 1 saturated heterocycles. The maximum atomic E-state index is 13.1. The molecule has 2 fully saturated rings. The summed E-state index contributed by atoms with van der Waals surface area (Å²) in [5.74, 6) is -1.63. The van der Waals surface area contributed by atoms with E-state index in [1.807, 2.05) is 44.2 Å². The van der Waals surface area contributed by atoms with Crippen molar-refractivity contribution in [2.75, 3.05) is 11.5 Å². The van der Waals surface area contributed by atoms with Crippen molar-refractivity contribution in [2.24, 2.45) is 23.7 Å². The minimum Gasteiger partial charge on any atom is -0.452 e. The summed E-state index contributed by atoms with van der Waals surface area (Å²) in [5, 5.41) is 2.79. The zero-order valence-corrected chi connectivity index (χ0v) is 19.1. The van der Waals surface area contributed by atoms with E-state index in [1.54, 1.807) is 12.1 Å². The number of nitrogens with one attached hydrogen (secondary N) is 1. The lowest BCUT2D eigenvalue weighted by molar-refractivity contribution is -0.125. The molecule has 1 aliphatic heterocycles. The fraction of sp³-hybridized carbons (Fsp3) is 0.333. The van der Waals surface area contributed by atoms with Gasteiger partial charge in [-0.25, -0.2) is 4.79 Å². The Hall–Kier alpha value is -3.74. The fourth-order valence-corrected chi connectivity index (χ4v) is 5.60. The zero-order chi connectivity index (χ0) is 24.0. The van der Waals surface area contributed by atoms with Gasteiger partial charge in [0.25, 0.3) is 5.91 Å². The highest BCUT2D eigenvalue weighted by atomic mass is 16.5. The van der Waals surface area contributed by atoms with Crippen LogP contribution < -0.4 is 10.2 Å². The summed E-state index contributed by atoms with van der Waals surface area (Å²) in [5.41, 5.74) is 2.85. The van der Waals surface area contributed by atoms with Gasteiger partial charge in [0.15, 0.2) is 6.61 Å². The summed E-state index contributed by atoms with van der Waals surface area (Å²) in [6.07, 6.45) is 3.02. The third-order valence-corrected chi connectivity index (χ3v) is 7.25. The van der Waals surface area contributed by atoms with Gasteiger partial charge in [0, 0.05) is 0 Å². The quantitative estimate of drug-likeness (QED) is 0.407. The largest absolute Gasteiger partial charge is 0.452 e. The van der Waals surface area contributed by atoms with E-state index >= 15 is 0 Å². The number of esters is 1. The first-order chi connectivity index (χ1) is 16.3. The molecular formula is C27H26N2O5. The van der Waals surface area contributed by atoms with Crippen LogP contribution in [0.3, 0.4) is 0 Å². The highest BCUT2D eigenvalue weighted by molar-refractivity contribution is 6.23. The number of anilines is 1. The molecule has 0 radical (unpaired) electrons. The lowest BCUT2D eigenvalue weighted by Gasteiger charge is -2.19. The Bertz CT molecular complexity index is 1190. The van der Waals surface area contributed by atoms with E-state index < -0.39 is 18.5 Å². The Labute approximate surface area is 197 Å². The van der Waals surface area contributed by atoms with Crippen LogP contribution in [0, 0.1) is 23.7 Å². The van der Waals surface area contributed by atoms with Gasteiger partial charge in [-0.2, -0.15) is 0 Å². The summed E-state index contributed by atoms with van der Waals surface area (Å²) in [4.78, 5) is 51.9. The van der Waals surface area contributed by atoms with Crippen molar-refractivity contribution in [3.05, 3.63) is 77.4 Å². The molecule has 7 nitrogen and oxygen atoms in total. The van der Waals surface area contributed by atoms with Gasteiger partial charge >= 0.3 is 5.97 Å². The molecule has 0 unspecified atom stereocenters. The van der Waals surface area contributed by atoms with Crippen molar-refractivity contribution in [3.8, 4) is 0 Å². The molecule has 0 aromatic heterocycles. The molecule has 174 valence electrons. The molecule has 1 N–H and O–H groups in total. The second-order valence-electron chi connectivity index (χ2n) is 9.30. The summed E-state index contributed by atoms with van der Waals surface area (Å²) in [7, 11) is 0. The van der Waals surface area contributed by atoms with Crippen LogP contribution in [0.25, 0.3) is 0 Å². The lowest BCUT2D eigenvalue weighted by Crippen LogP contribution is -2.33. The summed E-state index contributed by atoms with van der Waals surface area (Å²) >= 11 is 0. The standard InChI is InChI=1S/C27H26N2O5/c1-15-12-19-13-21(15)24-23(19)25(31)29(26(24)32)20-10-8-18(9-11-20)27(33)34-14-22(30)28-16(2)17-6-4-3-5-7-17/h3-12,16,19,21,23-24H,13-14H2,1-2H3,(H,28,30)/t16-,19-,21+,23-,24-/m0/s1. The van der Waals surface area contributed by atoms with Crippen LogP contribution in [0.1, 0.15) is 42.2 Å². The van der Waals surface area contributed by atoms with Crippen molar-refractivity contribution in [1.82, 2.24) is 5.32 Å². The Morgan fingerprint density at radius 1 is 1.03 bits per heavy atom. The highest BCUT2D eigenvalue weighted by Gasteiger charge is 2.60. The first-order valence-corrected chi connectivity index (χ1v) is 11.5. The van der Waals surface area contributed by atoms with Gasteiger partial charge in [-0.1, -0.05) is 42.0 Å². The summed E-state index contributed by atoms with van der Waals surface area (Å²) < 4.78 is 5.14. The Morgan fingerprint density at radius 3 is 2.41 bits per heavy atom. The van der Waals surface area contributed by atoms with Crippen LogP contribution in [0.2, 0.25) is 0 Å². The number of imide groups is 1. The van der Waals surface area contributed by atoms with E-state index in [1.165, 1.54) is 22.6 Å². The molecule has 0 spiro atoms. The lowest BCUT2D eigenvalue weighted by atomic mass is 9.82. The molecule has 34 heavy (non-hydrogen) atoms. The van der Waals surface area contributed by atoms with E-state index in [0.29, 0.717) is 5.69 Å². The molecule has 1 heterocycles. The predicted molar refractivity (Wildman–Crippen MR) is 125 cm³/mol. The number of benzene rings is 2. The SMILES string of the molecule is CC1=C[C@H]2C[C@H]1[C@@H]1C(=O)N(c3ccc(C(=O)OCC(=O)N[C@@H](C)c4ccccc4)cc3)C(=O)[C@H]12. The van der Waals surface area contributed by atoms with Crippen molar-refractivity contribution < 1.29 is 23.9 Å². The van der Waals surface area contributed by atoms with E-state index in [4.69, 9.17) is 4.74 Å². The van der Waals surface area contributed by atoms with E-state index in [2.05, 4.69) is 11.4 Å². The molecular weight excluding hydrogens is 432 g/mol. The van der Waals surface area contributed by atoms with Crippen LogP contribution in [0.5, 0.6) is 0 Å². The van der Waals surface area contributed by atoms with Gasteiger partial charge in [-0.15, -0.1) is 0 Å². The Morgan fingerprint density at radius 2 is 1.71 bits per heavy atom. The molecule has 2 bridgehead atoms. The maximum Gasteiger partial charge on any atom is 0.338 e. The van der Waals surface area contributed by atoms with Crippen molar-refractivity contribution in [2.45, 2.75) is 26.3 Å². The van der Waals surface area contributed by atoms with Gasteiger partial charge in [0.05, 0.1) is 29.1 Å². The third kappa shape index (κ3) is 3.71.